The van der Waals surface area contributed by atoms with Crippen LogP contribution < -0.4 is 5.32 Å². The van der Waals surface area contributed by atoms with E-state index in [1.165, 1.54) is 11.3 Å². The molecule has 0 saturated heterocycles. The van der Waals surface area contributed by atoms with E-state index in [0.717, 1.165) is 22.0 Å². The average Bonchev–Trinajstić information content (AvgIpc) is 3.04. The molecule has 1 unspecified atom stereocenters. The third kappa shape index (κ3) is 3.99. The van der Waals surface area contributed by atoms with Crippen LogP contribution in [0.5, 0.6) is 0 Å². The second kappa shape index (κ2) is 7.55. The van der Waals surface area contributed by atoms with Gasteiger partial charge >= 0.3 is 0 Å². The summed E-state index contributed by atoms with van der Waals surface area (Å²) >= 11 is 7.68. The highest BCUT2D eigenvalue weighted by Crippen LogP contribution is 2.30. The number of carbonyl (C=O) groups is 1. The number of carbonyl (C=O) groups excluding carboxylic acids is 1. The maximum Gasteiger partial charge on any atom is 0.226 e. The van der Waals surface area contributed by atoms with Crippen LogP contribution in [0.25, 0.3) is 10.6 Å². The number of halogens is 1. The van der Waals surface area contributed by atoms with Crippen molar-refractivity contribution in [1.29, 1.82) is 0 Å². The molecule has 1 atom stereocenters. The van der Waals surface area contributed by atoms with Gasteiger partial charge in [-0.3, -0.25) is 9.78 Å². The van der Waals surface area contributed by atoms with Crippen molar-refractivity contribution in [3.8, 4) is 10.6 Å². The van der Waals surface area contributed by atoms with Crippen LogP contribution in [0.1, 0.15) is 24.4 Å². The molecule has 2 aromatic heterocycles. The Kier molecular flexibility index (Phi) is 5.23. The van der Waals surface area contributed by atoms with Gasteiger partial charge in [0.2, 0.25) is 5.91 Å². The van der Waals surface area contributed by atoms with Crippen LogP contribution >= 0.6 is 22.9 Å². The molecule has 0 aliphatic heterocycles. The minimum absolute atomic E-state index is 0.0795. The Labute approximate surface area is 149 Å². The van der Waals surface area contributed by atoms with Gasteiger partial charge in [-0.05, 0) is 25.1 Å². The predicted molar refractivity (Wildman–Crippen MR) is 97.1 cm³/mol. The molecule has 122 valence electrons. The van der Waals surface area contributed by atoms with Gasteiger partial charge in [0, 0.05) is 17.1 Å². The molecular formula is C18H16ClN3OS. The fourth-order valence-electron chi connectivity index (χ4n) is 2.31. The van der Waals surface area contributed by atoms with E-state index in [1.807, 2.05) is 54.8 Å². The van der Waals surface area contributed by atoms with Crippen LogP contribution in [-0.2, 0) is 11.2 Å². The van der Waals surface area contributed by atoms with Gasteiger partial charge < -0.3 is 5.32 Å². The van der Waals surface area contributed by atoms with Gasteiger partial charge in [0.1, 0.15) is 5.01 Å². The molecule has 4 nitrogen and oxygen atoms in total. The van der Waals surface area contributed by atoms with Gasteiger partial charge in [-0.25, -0.2) is 4.98 Å². The molecule has 0 radical (unpaired) electrons. The van der Waals surface area contributed by atoms with Crippen LogP contribution in [0.2, 0.25) is 5.02 Å². The van der Waals surface area contributed by atoms with Gasteiger partial charge in [-0.2, -0.15) is 0 Å². The van der Waals surface area contributed by atoms with Crippen LogP contribution in [0.15, 0.2) is 54.0 Å². The Balaban J connectivity index is 1.65. The molecule has 6 heteroatoms. The first-order valence-corrected chi connectivity index (χ1v) is 8.79. The quantitative estimate of drug-likeness (QED) is 0.741. The SMILES string of the molecule is CC(NC(=O)Cc1csc(-c2ccccc2Cl)n1)c1ccccn1. The zero-order valence-corrected chi connectivity index (χ0v) is 14.6. The minimum atomic E-state index is -0.139. The highest BCUT2D eigenvalue weighted by molar-refractivity contribution is 7.13. The average molecular weight is 358 g/mol. The molecule has 1 amide bonds. The predicted octanol–water partition coefficient (Wildman–Crippen LogP) is 4.28. The number of nitrogens with one attached hydrogen (secondary N) is 1. The van der Waals surface area contributed by atoms with Crippen molar-refractivity contribution in [3.63, 3.8) is 0 Å². The Bertz CT molecular complexity index is 835. The van der Waals surface area contributed by atoms with Crippen molar-refractivity contribution in [2.45, 2.75) is 19.4 Å². The van der Waals surface area contributed by atoms with Crippen molar-refractivity contribution < 1.29 is 4.79 Å². The van der Waals surface area contributed by atoms with E-state index < -0.39 is 0 Å². The molecule has 24 heavy (non-hydrogen) atoms. The molecule has 3 aromatic rings. The van der Waals surface area contributed by atoms with Crippen molar-refractivity contribution in [1.82, 2.24) is 15.3 Å². The van der Waals surface area contributed by atoms with E-state index in [4.69, 9.17) is 11.6 Å². The number of hydrogen-bond donors (Lipinski definition) is 1. The lowest BCUT2D eigenvalue weighted by molar-refractivity contribution is -0.121. The Hall–Kier alpha value is -2.24. The lowest BCUT2D eigenvalue weighted by atomic mass is 10.2. The molecular weight excluding hydrogens is 342 g/mol. The van der Waals surface area contributed by atoms with Crippen molar-refractivity contribution >= 4 is 28.8 Å². The maximum atomic E-state index is 12.2. The summed E-state index contributed by atoms with van der Waals surface area (Å²) in [5, 5.41) is 6.31. The Morgan fingerprint density at radius 3 is 2.79 bits per heavy atom. The molecule has 0 fully saturated rings. The van der Waals surface area contributed by atoms with Crippen LogP contribution in [0, 0.1) is 0 Å². The fraction of sp³-hybridized carbons (Fsp3) is 0.167. The number of aromatic nitrogens is 2. The van der Waals surface area contributed by atoms with Crippen molar-refractivity contribution in [2.75, 3.05) is 0 Å². The third-order valence-corrected chi connectivity index (χ3v) is 4.76. The lowest BCUT2D eigenvalue weighted by Gasteiger charge is -2.12. The largest absolute Gasteiger partial charge is 0.348 e. The van der Waals surface area contributed by atoms with E-state index in [0.29, 0.717) is 5.02 Å². The molecule has 0 saturated carbocycles. The van der Waals surface area contributed by atoms with Crippen molar-refractivity contribution in [2.24, 2.45) is 0 Å². The first-order valence-electron chi connectivity index (χ1n) is 7.53. The van der Waals surface area contributed by atoms with Gasteiger partial charge in [0.25, 0.3) is 0 Å². The standard InChI is InChI=1S/C18H16ClN3OS/c1-12(16-8-4-5-9-20-16)21-17(23)10-13-11-24-18(22-13)14-6-2-3-7-15(14)19/h2-9,11-12H,10H2,1H3,(H,21,23). The van der Waals surface area contributed by atoms with E-state index in [1.54, 1.807) is 6.20 Å². The second-order valence-electron chi connectivity index (χ2n) is 5.34. The van der Waals surface area contributed by atoms with E-state index >= 15 is 0 Å². The summed E-state index contributed by atoms with van der Waals surface area (Å²) in [6.07, 6.45) is 1.95. The molecule has 0 aliphatic rings. The molecule has 0 bridgehead atoms. The van der Waals surface area contributed by atoms with Crippen LogP contribution in [-0.4, -0.2) is 15.9 Å². The van der Waals surface area contributed by atoms with Crippen LogP contribution in [0.3, 0.4) is 0 Å². The summed E-state index contributed by atoms with van der Waals surface area (Å²) in [5.41, 5.74) is 2.46. The number of pyridine rings is 1. The summed E-state index contributed by atoms with van der Waals surface area (Å²) in [4.78, 5) is 21.0. The lowest BCUT2D eigenvalue weighted by Crippen LogP contribution is -2.28. The second-order valence-corrected chi connectivity index (χ2v) is 6.61. The number of benzene rings is 1. The molecule has 0 spiro atoms. The monoisotopic (exact) mass is 357 g/mol. The number of rotatable bonds is 5. The topological polar surface area (TPSA) is 54.9 Å². The summed E-state index contributed by atoms with van der Waals surface area (Å²) in [5.74, 6) is -0.0795. The Morgan fingerprint density at radius 1 is 1.25 bits per heavy atom. The van der Waals surface area contributed by atoms with Gasteiger partial charge in [0.05, 0.1) is 28.9 Å². The van der Waals surface area contributed by atoms with Crippen LogP contribution in [0.4, 0.5) is 0 Å². The summed E-state index contributed by atoms with van der Waals surface area (Å²) in [6, 6.07) is 13.1. The zero-order valence-electron chi connectivity index (χ0n) is 13.1. The number of amides is 1. The number of nitrogens with zero attached hydrogens (tertiary/aromatic N) is 2. The number of thiazole rings is 1. The maximum absolute atomic E-state index is 12.2. The third-order valence-electron chi connectivity index (χ3n) is 3.51. The first kappa shape index (κ1) is 16.6. The summed E-state index contributed by atoms with van der Waals surface area (Å²) < 4.78 is 0. The van der Waals surface area contributed by atoms with Gasteiger partial charge in [0.15, 0.2) is 0 Å². The van der Waals surface area contributed by atoms with Gasteiger partial charge in [-0.1, -0.05) is 35.9 Å². The van der Waals surface area contributed by atoms with E-state index in [9.17, 15) is 4.79 Å². The molecule has 1 aromatic carbocycles. The molecule has 0 aliphatic carbocycles. The molecule has 3 rings (SSSR count). The smallest absolute Gasteiger partial charge is 0.226 e. The summed E-state index contributed by atoms with van der Waals surface area (Å²) in [7, 11) is 0. The minimum Gasteiger partial charge on any atom is -0.348 e. The highest BCUT2D eigenvalue weighted by Gasteiger charge is 2.14. The van der Waals surface area contributed by atoms with Crippen molar-refractivity contribution in [3.05, 3.63) is 70.5 Å². The molecule has 1 N–H and O–H groups in total. The number of hydrogen-bond acceptors (Lipinski definition) is 4. The summed E-state index contributed by atoms with van der Waals surface area (Å²) in [6.45, 7) is 1.91. The fourth-order valence-corrected chi connectivity index (χ4v) is 3.45. The highest BCUT2D eigenvalue weighted by atomic mass is 35.5. The normalized spacial score (nSPS) is 11.9. The molecule has 2 heterocycles. The Morgan fingerprint density at radius 2 is 2.04 bits per heavy atom. The first-order chi connectivity index (χ1) is 11.6. The van der Waals surface area contributed by atoms with Gasteiger partial charge in [-0.15, -0.1) is 11.3 Å². The van der Waals surface area contributed by atoms with E-state index in [2.05, 4.69) is 15.3 Å². The zero-order chi connectivity index (χ0) is 16.9. The van der Waals surface area contributed by atoms with E-state index in [-0.39, 0.29) is 18.4 Å².